The molecule has 1 aliphatic carbocycles. The average Bonchev–Trinajstić information content (AvgIpc) is 2.40. The zero-order valence-electron chi connectivity index (χ0n) is 11.2. The standard InChI is InChI=1S/C13H23NO4/c1-16-11-4-2-3-5-12(11)18-13(15)10-14-6-8-17-9-7-14/h11-12H,2-10H2,1H3/p+1/t11-,12-/m1/s1. The molecule has 0 aromatic heterocycles. The Morgan fingerprint density at radius 1 is 1.22 bits per heavy atom. The number of morpholine rings is 1. The van der Waals surface area contributed by atoms with Crippen molar-refractivity contribution in [3.8, 4) is 0 Å². The van der Waals surface area contributed by atoms with Gasteiger partial charge in [0.05, 0.1) is 19.3 Å². The number of hydrogen-bond donors (Lipinski definition) is 1. The normalized spacial score (nSPS) is 30.1. The van der Waals surface area contributed by atoms with Crippen LogP contribution in [0.25, 0.3) is 0 Å². The highest BCUT2D eigenvalue weighted by molar-refractivity contribution is 5.70. The fourth-order valence-corrected chi connectivity index (χ4v) is 2.72. The summed E-state index contributed by atoms with van der Waals surface area (Å²) in [7, 11) is 1.70. The second-order valence-corrected chi connectivity index (χ2v) is 5.13. The summed E-state index contributed by atoms with van der Waals surface area (Å²) in [5.74, 6) is -0.0964. The lowest BCUT2D eigenvalue weighted by Gasteiger charge is -2.30. The van der Waals surface area contributed by atoms with Crippen molar-refractivity contribution < 1.29 is 23.9 Å². The summed E-state index contributed by atoms with van der Waals surface area (Å²) in [6.45, 7) is 3.73. The van der Waals surface area contributed by atoms with Crippen LogP contribution in [0, 0.1) is 0 Å². The van der Waals surface area contributed by atoms with Crippen molar-refractivity contribution in [1.82, 2.24) is 0 Å². The lowest BCUT2D eigenvalue weighted by Crippen LogP contribution is -3.15. The van der Waals surface area contributed by atoms with Crippen LogP contribution < -0.4 is 4.90 Å². The molecule has 2 rings (SSSR count). The van der Waals surface area contributed by atoms with Crippen LogP contribution >= 0.6 is 0 Å². The molecule has 1 aliphatic heterocycles. The summed E-state index contributed by atoms with van der Waals surface area (Å²) < 4.78 is 16.2. The minimum atomic E-state index is -0.0964. The first-order chi connectivity index (χ1) is 8.79. The van der Waals surface area contributed by atoms with E-state index in [1.165, 1.54) is 11.3 Å². The Bertz CT molecular complexity index is 266. The first-order valence-electron chi connectivity index (χ1n) is 6.93. The van der Waals surface area contributed by atoms with Gasteiger partial charge in [-0.2, -0.15) is 0 Å². The van der Waals surface area contributed by atoms with Crippen LogP contribution in [-0.4, -0.2) is 58.1 Å². The molecule has 0 aromatic rings. The molecular formula is C13H24NO4+. The van der Waals surface area contributed by atoms with Crippen LogP contribution in [0.5, 0.6) is 0 Å². The van der Waals surface area contributed by atoms with Crippen molar-refractivity contribution in [2.24, 2.45) is 0 Å². The van der Waals surface area contributed by atoms with E-state index in [0.29, 0.717) is 6.54 Å². The molecule has 1 saturated carbocycles. The van der Waals surface area contributed by atoms with Crippen LogP contribution in [0.15, 0.2) is 0 Å². The lowest BCUT2D eigenvalue weighted by molar-refractivity contribution is -0.900. The maximum absolute atomic E-state index is 11.9. The smallest absolute Gasteiger partial charge is 0.362 e. The van der Waals surface area contributed by atoms with Gasteiger partial charge in [-0.05, 0) is 19.3 Å². The molecule has 0 bridgehead atoms. The van der Waals surface area contributed by atoms with Gasteiger partial charge in [0.2, 0.25) is 0 Å². The molecule has 2 fully saturated rings. The van der Waals surface area contributed by atoms with Crippen LogP contribution in [0.2, 0.25) is 0 Å². The Morgan fingerprint density at radius 3 is 2.56 bits per heavy atom. The van der Waals surface area contributed by atoms with Crippen molar-refractivity contribution in [2.75, 3.05) is 40.0 Å². The zero-order valence-corrected chi connectivity index (χ0v) is 11.2. The Kier molecular flexibility index (Phi) is 5.41. The van der Waals surface area contributed by atoms with Crippen molar-refractivity contribution >= 4 is 5.97 Å². The molecule has 5 nitrogen and oxygen atoms in total. The van der Waals surface area contributed by atoms with Crippen molar-refractivity contribution in [3.05, 3.63) is 0 Å². The van der Waals surface area contributed by atoms with Gasteiger partial charge in [0.1, 0.15) is 19.2 Å². The Balaban J connectivity index is 1.75. The summed E-state index contributed by atoms with van der Waals surface area (Å²) in [6.07, 6.45) is 4.27. The highest BCUT2D eigenvalue weighted by atomic mass is 16.6. The first-order valence-corrected chi connectivity index (χ1v) is 6.93. The van der Waals surface area contributed by atoms with Crippen LogP contribution in [0.1, 0.15) is 25.7 Å². The number of ether oxygens (including phenoxy) is 3. The largest absolute Gasteiger partial charge is 0.455 e. The maximum atomic E-state index is 11.9. The molecule has 18 heavy (non-hydrogen) atoms. The quantitative estimate of drug-likeness (QED) is 0.684. The van der Waals surface area contributed by atoms with Gasteiger partial charge in [-0.25, -0.2) is 4.79 Å². The van der Waals surface area contributed by atoms with Crippen molar-refractivity contribution in [2.45, 2.75) is 37.9 Å². The number of methoxy groups -OCH3 is 1. The number of carbonyl (C=O) groups excluding carboxylic acids is 1. The fraction of sp³-hybridized carbons (Fsp3) is 0.923. The molecule has 1 saturated heterocycles. The first kappa shape index (κ1) is 13.8. The van der Waals surface area contributed by atoms with Crippen LogP contribution in [-0.2, 0) is 19.0 Å². The van der Waals surface area contributed by atoms with E-state index in [0.717, 1.165) is 45.6 Å². The fourth-order valence-electron chi connectivity index (χ4n) is 2.72. The van der Waals surface area contributed by atoms with E-state index in [1.54, 1.807) is 7.11 Å². The van der Waals surface area contributed by atoms with E-state index in [-0.39, 0.29) is 18.2 Å². The number of hydrogen-bond acceptors (Lipinski definition) is 4. The number of nitrogens with one attached hydrogen (secondary N) is 1. The van der Waals surface area contributed by atoms with Gasteiger partial charge < -0.3 is 19.1 Å². The molecular weight excluding hydrogens is 234 g/mol. The van der Waals surface area contributed by atoms with E-state index in [4.69, 9.17) is 14.2 Å². The van der Waals surface area contributed by atoms with Gasteiger partial charge in [-0.3, -0.25) is 0 Å². The van der Waals surface area contributed by atoms with Crippen LogP contribution in [0.4, 0.5) is 0 Å². The average molecular weight is 258 g/mol. The van der Waals surface area contributed by atoms with Gasteiger partial charge in [-0.15, -0.1) is 0 Å². The van der Waals surface area contributed by atoms with Crippen molar-refractivity contribution in [3.63, 3.8) is 0 Å². The highest BCUT2D eigenvalue weighted by Gasteiger charge is 2.29. The molecule has 1 N–H and O–H groups in total. The van der Waals surface area contributed by atoms with E-state index in [9.17, 15) is 4.79 Å². The third-order valence-electron chi connectivity index (χ3n) is 3.82. The van der Waals surface area contributed by atoms with Gasteiger partial charge in [0.15, 0.2) is 6.54 Å². The van der Waals surface area contributed by atoms with Gasteiger partial charge in [0.25, 0.3) is 0 Å². The summed E-state index contributed by atoms with van der Waals surface area (Å²) >= 11 is 0. The topological polar surface area (TPSA) is 49.2 Å². The molecule has 0 unspecified atom stereocenters. The SMILES string of the molecule is CO[C@@H]1CCCC[C@H]1OC(=O)C[NH+]1CCOCC1. The van der Waals surface area contributed by atoms with Gasteiger partial charge in [-0.1, -0.05) is 6.42 Å². The Morgan fingerprint density at radius 2 is 1.89 bits per heavy atom. The summed E-state index contributed by atoms with van der Waals surface area (Å²) in [5.41, 5.74) is 0. The number of carbonyl (C=O) groups is 1. The van der Waals surface area contributed by atoms with E-state index >= 15 is 0 Å². The Hall–Kier alpha value is -0.650. The monoisotopic (exact) mass is 258 g/mol. The number of quaternary nitrogens is 1. The third-order valence-corrected chi connectivity index (χ3v) is 3.82. The summed E-state index contributed by atoms with van der Waals surface area (Å²) in [5, 5.41) is 0. The third kappa shape index (κ3) is 3.93. The minimum Gasteiger partial charge on any atom is -0.455 e. The molecule has 0 spiro atoms. The molecule has 2 aliphatic rings. The lowest BCUT2D eigenvalue weighted by atomic mass is 9.94. The molecule has 0 radical (unpaired) electrons. The predicted octanol–water partition coefficient (Wildman–Crippen LogP) is -0.598. The summed E-state index contributed by atoms with van der Waals surface area (Å²) in [6, 6.07) is 0. The molecule has 5 heteroatoms. The molecule has 0 amide bonds. The molecule has 2 atom stereocenters. The Labute approximate surface area is 108 Å². The molecule has 1 heterocycles. The molecule has 104 valence electrons. The number of esters is 1. The van der Waals surface area contributed by atoms with E-state index < -0.39 is 0 Å². The second kappa shape index (κ2) is 7.07. The molecule has 0 aromatic carbocycles. The van der Waals surface area contributed by atoms with Crippen molar-refractivity contribution in [1.29, 1.82) is 0 Å². The second-order valence-electron chi connectivity index (χ2n) is 5.13. The predicted molar refractivity (Wildman–Crippen MR) is 65.5 cm³/mol. The highest BCUT2D eigenvalue weighted by Crippen LogP contribution is 2.23. The van der Waals surface area contributed by atoms with Crippen LogP contribution in [0.3, 0.4) is 0 Å². The van der Waals surface area contributed by atoms with Gasteiger partial charge in [0, 0.05) is 7.11 Å². The number of rotatable bonds is 4. The van der Waals surface area contributed by atoms with E-state index in [2.05, 4.69) is 0 Å². The van der Waals surface area contributed by atoms with E-state index in [1.807, 2.05) is 0 Å². The minimum absolute atomic E-state index is 0.0447. The summed E-state index contributed by atoms with van der Waals surface area (Å²) in [4.78, 5) is 13.2. The van der Waals surface area contributed by atoms with Gasteiger partial charge >= 0.3 is 5.97 Å². The maximum Gasteiger partial charge on any atom is 0.362 e. The zero-order chi connectivity index (χ0) is 12.8.